The van der Waals surface area contributed by atoms with E-state index in [1.165, 1.54) is 0 Å². The number of likely N-dealkylation sites (tertiary alicyclic amines) is 1. The van der Waals surface area contributed by atoms with Crippen LogP contribution in [0.3, 0.4) is 0 Å². The number of ether oxygens (including phenoxy) is 1. The Morgan fingerprint density at radius 2 is 2.38 bits per heavy atom. The molecule has 5 nitrogen and oxygen atoms in total. The number of hydrogen-bond donors (Lipinski definition) is 2. The van der Waals surface area contributed by atoms with Gasteiger partial charge in [-0.3, -0.25) is 4.79 Å². The summed E-state index contributed by atoms with van der Waals surface area (Å²) in [6.45, 7) is 5.15. The quantitative estimate of drug-likeness (QED) is 0.664. The van der Waals surface area contributed by atoms with Crippen molar-refractivity contribution in [3.05, 3.63) is 0 Å². The van der Waals surface area contributed by atoms with Crippen LogP contribution in [0.5, 0.6) is 0 Å². The van der Waals surface area contributed by atoms with Crippen LogP contribution >= 0.6 is 0 Å². The van der Waals surface area contributed by atoms with Crippen molar-refractivity contribution in [3.8, 4) is 0 Å². The lowest BCUT2D eigenvalue weighted by Crippen LogP contribution is -2.45. The maximum absolute atomic E-state index is 12.2. The summed E-state index contributed by atoms with van der Waals surface area (Å²) in [6.07, 6.45) is 0.356. The van der Waals surface area contributed by atoms with Crippen molar-refractivity contribution >= 4 is 5.91 Å². The Morgan fingerprint density at radius 3 is 3.00 bits per heavy atom. The molecule has 2 aliphatic rings. The van der Waals surface area contributed by atoms with E-state index in [1.54, 1.807) is 4.90 Å². The van der Waals surface area contributed by atoms with Crippen LogP contribution in [0, 0.1) is 5.92 Å². The number of aliphatic hydroxyl groups is 1. The van der Waals surface area contributed by atoms with Gasteiger partial charge in [-0.2, -0.15) is 0 Å². The van der Waals surface area contributed by atoms with Crippen LogP contribution in [0.1, 0.15) is 13.3 Å². The van der Waals surface area contributed by atoms with Crippen LogP contribution in [-0.4, -0.2) is 60.9 Å². The van der Waals surface area contributed by atoms with Gasteiger partial charge in [0.05, 0.1) is 25.2 Å². The Labute approximate surface area is 95.8 Å². The summed E-state index contributed by atoms with van der Waals surface area (Å²) in [5, 5.41) is 12.7. The van der Waals surface area contributed by atoms with Gasteiger partial charge in [0.2, 0.25) is 5.91 Å². The molecule has 2 rings (SSSR count). The van der Waals surface area contributed by atoms with Gasteiger partial charge in [-0.15, -0.1) is 0 Å². The third-order valence-electron chi connectivity index (χ3n) is 3.34. The lowest BCUT2D eigenvalue weighted by atomic mass is 10.0. The predicted octanol–water partition coefficient (Wildman–Crippen LogP) is -0.796. The fourth-order valence-corrected chi connectivity index (χ4v) is 2.44. The minimum absolute atomic E-state index is 0.0785. The van der Waals surface area contributed by atoms with E-state index in [-0.39, 0.29) is 24.0 Å². The van der Waals surface area contributed by atoms with Crippen LogP contribution in [0.25, 0.3) is 0 Å². The van der Waals surface area contributed by atoms with Gasteiger partial charge < -0.3 is 20.1 Å². The predicted molar refractivity (Wildman–Crippen MR) is 59.0 cm³/mol. The molecule has 0 aromatic heterocycles. The summed E-state index contributed by atoms with van der Waals surface area (Å²) < 4.78 is 5.36. The van der Waals surface area contributed by atoms with Crippen molar-refractivity contribution in [2.75, 3.05) is 32.8 Å². The van der Waals surface area contributed by atoms with Crippen LogP contribution in [0.2, 0.25) is 0 Å². The van der Waals surface area contributed by atoms with Gasteiger partial charge in [-0.1, -0.05) is 6.92 Å². The summed E-state index contributed by atoms with van der Waals surface area (Å²) in [5.41, 5.74) is 0. The molecule has 0 spiro atoms. The van der Waals surface area contributed by atoms with E-state index in [0.717, 1.165) is 6.54 Å². The van der Waals surface area contributed by atoms with E-state index in [2.05, 4.69) is 5.32 Å². The van der Waals surface area contributed by atoms with Gasteiger partial charge in [0, 0.05) is 19.1 Å². The number of amides is 1. The Bertz CT molecular complexity index is 260. The maximum atomic E-state index is 12.2. The molecule has 2 fully saturated rings. The van der Waals surface area contributed by atoms with Crippen LogP contribution in [-0.2, 0) is 9.53 Å². The molecule has 0 bridgehead atoms. The molecule has 3 atom stereocenters. The number of nitrogens with zero attached hydrogens (tertiary/aromatic N) is 1. The zero-order valence-electron chi connectivity index (χ0n) is 9.69. The standard InChI is InChI=1S/C11H20N2O3/c1-2-12-10-7-16-6-9(10)11(15)13-4-3-8(14)5-13/h8-10,12,14H,2-7H2,1H3/t8-,9?,10?/m1/s1. The molecule has 2 unspecified atom stereocenters. The normalized spacial score (nSPS) is 34.6. The number of likely N-dealkylation sites (N-methyl/N-ethyl adjacent to an activating group) is 1. The molecule has 0 aromatic carbocycles. The summed E-state index contributed by atoms with van der Waals surface area (Å²) in [5.74, 6) is 0.0465. The number of aliphatic hydroxyl groups excluding tert-OH is 1. The number of carbonyl (C=O) groups is 1. The molecule has 0 aliphatic carbocycles. The highest BCUT2D eigenvalue weighted by atomic mass is 16.5. The second-order valence-corrected chi connectivity index (χ2v) is 4.53. The minimum Gasteiger partial charge on any atom is -0.391 e. The Morgan fingerprint density at radius 1 is 1.56 bits per heavy atom. The average molecular weight is 228 g/mol. The molecule has 5 heteroatoms. The zero-order chi connectivity index (χ0) is 11.5. The molecule has 16 heavy (non-hydrogen) atoms. The highest BCUT2D eigenvalue weighted by Gasteiger charge is 2.37. The lowest BCUT2D eigenvalue weighted by molar-refractivity contribution is -0.135. The fraction of sp³-hybridized carbons (Fsp3) is 0.909. The smallest absolute Gasteiger partial charge is 0.229 e. The highest BCUT2D eigenvalue weighted by Crippen LogP contribution is 2.19. The summed E-state index contributed by atoms with van der Waals surface area (Å²) in [6, 6.07) is 0.134. The van der Waals surface area contributed by atoms with Crippen LogP contribution in [0.4, 0.5) is 0 Å². The van der Waals surface area contributed by atoms with Crippen molar-refractivity contribution in [1.82, 2.24) is 10.2 Å². The van der Waals surface area contributed by atoms with Gasteiger partial charge in [0.1, 0.15) is 0 Å². The van der Waals surface area contributed by atoms with E-state index in [1.807, 2.05) is 6.92 Å². The van der Waals surface area contributed by atoms with E-state index < -0.39 is 0 Å². The Kier molecular flexibility index (Phi) is 3.78. The second kappa shape index (κ2) is 5.12. The number of hydrogen-bond acceptors (Lipinski definition) is 4. The highest BCUT2D eigenvalue weighted by molar-refractivity contribution is 5.80. The van der Waals surface area contributed by atoms with Crippen molar-refractivity contribution < 1.29 is 14.6 Å². The summed E-state index contributed by atoms with van der Waals surface area (Å²) >= 11 is 0. The fourth-order valence-electron chi connectivity index (χ4n) is 2.44. The second-order valence-electron chi connectivity index (χ2n) is 4.53. The van der Waals surface area contributed by atoms with Gasteiger partial charge >= 0.3 is 0 Å². The Hall–Kier alpha value is -0.650. The summed E-state index contributed by atoms with van der Waals surface area (Å²) in [4.78, 5) is 13.9. The molecule has 0 aromatic rings. The molecular weight excluding hydrogens is 208 g/mol. The number of rotatable bonds is 3. The molecule has 0 radical (unpaired) electrons. The maximum Gasteiger partial charge on any atom is 0.229 e. The number of carbonyl (C=O) groups excluding carboxylic acids is 1. The number of nitrogens with one attached hydrogen (secondary N) is 1. The van der Waals surface area contributed by atoms with Crippen molar-refractivity contribution in [1.29, 1.82) is 0 Å². The van der Waals surface area contributed by atoms with Gasteiger partial charge in [-0.25, -0.2) is 0 Å². The first-order valence-corrected chi connectivity index (χ1v) is 6.00. The molecule has 2 N–H and O–H groups in total. The molecule has 0 saturated carbocycles. The van der Waals surface area contributed by atoms with E-state index >= 15 is 0 Å². The lowest BCUT2D eigenvalue weighted by Gasteiger charge is -2.23. The summed E-state index contributed by atoms with van der Waals surface area (Å²) in [7, 11) is 0. The van der Waals surface area contributed by atoms with E-state index in [4.69, 9.17) is 4.74 Å². The zero-order valence-corrected chi connectivity index (χ0v) is 9.69. The SMILES string of the molecule is CCNC1COCC1C(=O)N1CC[C@@H](O)C1. The molecule has 1 amide bonds. The van der Waals surface area contributed by atoms with Gasteiger partial charge in [0.25, 0.3) is 0 Å². The van der Waals surface area contributed by atoms with Gasteiger partial charge in [0.15, 0.2) is 0 Å². The van der Waals surface area contributed by atoms with Crippen molar-refractivity contribution in [3.63, 3.8) is 0 Å². The topological polar surface area (TPSA) is 61.8 Å². The molecular formula is C11H20N2O3. The molecule has 92 valence electrons. The molecule has 2 saturated heterocycles. The first kappa shape index (κ1) is 11.8. The van der Waals surface area contributed by atoms with Crippen molar-refractivity contribution in [2.45, 2.75) is 25.5 Å². The van der Waals surface area contributed by atoms with Gasteiger partial charge in [-0.05, 0) is 13.0 Å². The first-order valence-electron chi connectivity index (χ1n) is 6.00. The first-order chi connectivity index (χ1) is 7.72. The third-order valence-corrected chi connectivity index (χ3v) is 3.34. The van der Waals surface area contributed by atoms with Crippen LogP contribution < -0.4 is 5.32 Å². The van der Waals surface area contributed by atoms with Crippen molar-refractivity contribution in [2.24, 2.45) is 5.92 Å². The van der Waals surface area contributed by atoms with Crippen LogP contribution in [0.15, 0.2) is 0 Å². The van der Waals surface area contributed by atoms with E-state index in [0.29, 0.717) is 32.7 Å². The Balaban J connectivity index is 1.93. The largest absolute Gasteiger partial charge is 0.391 e. The van der Waals surface area contributed by atoms with E-state index in [9.17, 15) is 9.90 Å². The third kappa shape index (κ3) is 2.36. The molecule has 2 heterocycles. The average Bonchev–Trinajstić information content (AvgIpc) is 2.87. The minimum atomic E-state index is -0.344. The number of β-amino-alcohol motifs (C(OH)–C–C–N with tert-alkyl or cyclic N) is 1. The monoisotopic (exact) mass is 228 g/mol. The molecule has 2 aliphatic heterocycles.